The number of halogens is 3. The molecule has 0 spiro atoms. The molecule has 106 valence electrons. The molecule has 0 aromatic carbocycles. The molecule has 1 aliphatic rings. The van der Waals surface area contributed by atoms with Gasteiger partial charge in [-0.25, -0.2) is 0 Å². The van der Waals surface area contributed by atoms with Crippen LogP contribution in [-0.4, -0.2) is 42.8 Å². The molecule has 18 heavy (non-hydrogen) atoms. The lowest BCUT2D eigenvalue weighted by atomic mass is 9.95. The van der Waals surface area contributed by atoms with Gasteiger partial charge in [0.1, 0.15) is 0 Å². The zero-order chi connectivity index (χ0) is 13.8. The fraction of sp³-hybridized carbons (Fsp3) is 0.917. The lowest BCUT2D eigenvalue weighted by Crippen LogP contribution is -2.44. The lowest BCUT2D eigenvalue weighted by Gasteiger charge is -2.36. The first kappa shape index (κ1) is 15.3. The van der Waals surface area contributed by atoms with Crippen molar-refractivity contribution in [2.75, 3.05) is 19.7 Å². The van der Waals surface area contributed by atoms with Crippen LogP contribution >= 0.6 is 0 Å². The molecule has 0 amide bonds. The Morgan fingerprint density at radius 1 is 1.39 bits per heavy atom. The molecule has 0 aliphatic carbocycles. The van der Waals surface area contributed by atoms with E-state index < -0.39 is 12.1 Å². The van der Waals surface area contributed by atoms with Crippen molar-refractivity contribution in [2.24, 2.45) is 5.92 Å². The number of likely N-dealkylation sites (tertiary alicyclic amines) is 1. The third-order valence-electron chi connectivity index (χ3n) is 3.38. The van der Waals surface area contributed by atoms with Crippen LogP contribution in [0.4, 0.5) is 13.2 Å². The zero-order valence-corrected chi connectivity index (χ0v) is 10.8. The first-order valence-electron chi connectivity index (χ1n) is 6.31. The highest BCUT2D eigenvalue weighted by Crippen LogP contribution is 2.34. The van der Waals surface area contributed by atoms with Gasteiger partial charge in [0.25, 0.3) is 0 Å². The monoisotopic (exact) mass is 267 g/mol. The van der Waals surface area contributed by atoms with Gasteiger partial charge >= 0.3 is 12.1 Å². The lowest BCUT2D eigenvalue weighted by molar-refractivity contribution is -0.186. The maximum absolute atomic E-state index is 12.5. The van der Waals surface area contributed by atoms with Crippen LogP contribution in [0.5, 0.6) is 0 Å². The maximum Gasteiger partial charge on any atom is 0.391 e. The molecule has 6 heteroatoms. The molecule has 1 fully saturated rings. The highest BCUT2D eigenvalue weighted by atomic mass is 19.4. The van der Waals surface area contributed by atoms with Crippen LogP contribution < -0.4 is 0 Å². The van der Waals surface area contributed by atoms with Gasteiger partial charge in [0.15, 0.2) is 0 Å². The summed E-state index contributed by atoms with van der Waals surface area (Å²) in [6.07, 6.45) is -3.60. The van der Waals surface area contributed by atoms with Gasteiger partial charge in [-0.3, -0.25) is 4.79 Å². The highest BCUT2D eigenvalue weighted by Gasteiger charge is 2.41. The second-order valence-electron chi connectivity index (χ2n) is 4.71. The third kappa shape index (κ3) is 4.48. The highest BCUT2D eigenvalue weighted by molar-refractivity contribution is 5.70. The van der Waals surface area contributed by atoms with Crippen LogP contribution in [0.15, 0.2) is 0 Å². The number of rotatable bonds is 4. The van der Waals surface area contributed by atoms with Crippen LogP contribution in [0.25, 0.3) is 0 Å². The van der Waals surface area contributed by atoms with E-state index in [0.29, 0.717) is 19.7 Å². The number of nitrogens with zero attached hydrogens (tertiary/aromatic N) is 1. The molecule has 0 bridgehead atoms. The van der Waals surface area contributed by atoms with Crippen molar-refractivity contribution in [2.45, 2.75) is 45.3 Å². The Labute approximate surface area is 105 Å². The molecule has 0 radical (unpaired) electrons. The number of piperidine rings is 1. The van der Waals surface area contributed by atoms with Gasteiger partial charge in [-0.05, 0) is 39.8 Å². The van der Waals surface area contributed by atoms with Crippen LogP contribution in [-0.2, 0) is 9.53 Å². The van der Waals surface area contributed by atoms with Gasteiger partial charge in [0, 0.05) is 6.04 Å². The van der Waals surface area contributed by atoms with E-state index in [0.717, 1.165) is 0 Å². The van der Waals surface area contributed by atoms with E-state index >= 15 is 0 Å². The molecule has 3 nitrogen and oxygen atoms in total. The molecule has 0 N–H and O–H groups in total. The molecule has 0 saturated carbocycles. The fourth-order valence-electron chi connectivity index (χ4n) is 2.26. The number of esters is 1. The fourth-order valence-corrected chi connectivity index (χ4v) is 2.26. The topological polar surface area (TPSA) is 29.5 Å². The van der Waals surface area contributed by atoms with Gasteiger partial charge in [-0.2, -0.15) is 13.2 Å². The van der Waals surface area contributed by atoms with Gasteiger partial charge in [-0.1, -0.05) is 0 Å². The molecule has 1 aliphatic heterocycles. The van der Waals surface area contributed by atoms with Crippen molar-refractivity contribution in [1.29, 1.82) is 0 Å². The van der Waals surface area contributed by atoms with Crippen molar-refractivity contribution in [3.05, 3.63) is 0 Å². The summed E-state index contributed by atoms with van der Waals surface area (Å²) in [6.45, 7) is 4.71. The molecular formula is C12H20F3NO2. The molecule has 1 atom stereocenters. The van der Waals surface area contributed by atoms with Crippen molar-refractivity contribution >= 4 is 5.97 Å². The van der Waals surface area contributed by atoms with Gasteiger partial charge < -0.3 is 9.64 Å². The van der Waals surface area contributed by atoms with Crippen molar-refractivity contribution < 1.29 is 22.7 Å². The van der Waals surface area contributed by atoms with Gasteiger partial charge in [0.05, 0.1) is 18.9 Å². The first-order valence-corrected chi connectivity index (χ1v) is 6.31. The van der Waals surface area contributed by atoms with Crippen LogP contribution in [0.2, 0.25) is 0 Å². The summed E-state index contributed by atoms with van der Waals surface area (Å²) in [6, 6.07) is -0.0572. The summed E-state index contributed by atoms with van der Waals surface area (Å²) >= 11 is 0. The average molecular weight is 267 g/mol. The van der Waals surface area contributed by atoms with E-state index in [4.69, 9.17) is 4.74 Å². The standard InChI is InChI=1S/C12H20F3NO2/c1-3-18-11(17)8-9(2)16-6-4-10(5-7-16)12(13,14)15/h9-10H,3-8H2,1-2H3. The minimum Gasteiger partial charge on any atom is -0.466 e. The Hall–Kier alpha value is -0.780. The van der Waals surface area contributed by atoms with E-state index in [9.17, 15) is 18.0 Å². The van der Waals surface area contributed by atoms with E-state index in [1.54, 1.807) is 6.92 Å². The number of ether oxygens (including phenoxy) is 1. The summed E-state index contributed by atoms with van der Waals surface area (Å²) in [5.41, 5.74) is 0. The molecule has 1 unspecified atom stereocenters. The summed E-state index contributed by atoms with van der Waals surface area (Å²) < 4.78 is 42.3. The summed E-state index contributed by atoms with van der Waals surface area (Å²) in [5, 5.41) is 0. The second-order valence-corrected chi connectivity index (χ2v) is 4.71. The Morgan fingerprint density at radius 3 is 2.39 bits per heavy atom. The number of hydrogen-bond donors (Lipinski definition) is 0. The zero-order valence-electron chi connectivity index (χ0n) is 10.8. The van der Waals surface area contributed by atoms with Gasteiger partial charge in [0.2, 0.25) is 0 Å². The SMILES string of the molecule is CCOC(=O)CC(C)N1CCC(C(F)(F)F)CC1. The second kappa shape index (κ2) is 6.41. The number of carbonyl (C=O) groups excluding carboxylic acids is 1. The van der Waals surface area contributed by atoms with E-state index in [1.807, 2.05) is 11.8 Å². The van der Waals surface area contributed by atoms with Crippen LogP contribution in [0.1, 0.15) is 33.1 Å². The summed E-state index contributed by atoms with van der Waals surface area (Å²) in [5.74, 6) is -1.48. The average Bonchev–Trinajstić information content (AvgIpc) is 2.28. The number of hydrogen-bond acceptors (Lipinski definition) is 3. The Kier molecular flexibility index (Phi) is 5.44. The van der Waals surface area contributed by atoms with Crippen molar-refractivity contribution in [1.82, 2.24) is 4.90 Å². The number of alkyl halides is 3. The molecular weight excluding hydrogens is 247 g/mol. The third-order valence-corrected chi connectivity index (χ3v) is 3.38. The normalized spacial score (nSPS) is 20.7. The Morgan fingerprint density at radius 2 is 1.94 bits per heavy atom. The Bertz CT molecular complexity index is 273. The van der Waals surface area contributed by atoms with Crippen molar-refractivity contribution in [3.63, 3.8) is 0 Å². The smallest absolute Gasteiger partial charge is 0.391 e. The predicted octanol–water partition coefficient (Wildman–Crippen LogP) is 2.60. The first-order chi connectivity index (χ1) is 8.34. The molecule has 0 aromatic heterocycles. The van der Waals surface area contributed by atoms with Crippen molar-refractivity contribution in [3.8, 4) is 0 Å². The summed E-state index contributed by atoms with van der Waals surface area (Å²) in [7, 11) is 0. The molecule has 1 heterocycles. The van der Waals surface area contributed by atoms with E-state index in [-0.39, 0.29) is 31.3 Å². The van der Waals surface area contributed by atoms with E-state index in [2.05, 4.69) is 0 Å². The quantitative estimate of drug-likeness (QED) is 0.733. The van der Waals surface area contributed by atoms with Gasteiger partial charge in [-0.15, -0.1) is 0 Å². The largest absolute Gasteiger partial charge is 0.466 e. The Balaban J connectivity index is 2.36. The number of carbonyl (C=O) groups is 1. The molecule has 1 rings (SSSR count). The minimum absolute atomic E-state index is 0.0572. The maximum atomic E-state index is 12.5. The predicted molar refractivity (Wildman–Crippen MR) is 61.1 cm³/mol. The molecule has 0 aromatic rings. The van der Waals surface area contributed by atoms with Crippen LogP contribution in [0.3, 0.4) is 0 Å². The summed E-state index contributed by atoms with van der Waals surface area (Å²) in [4.78, 5) is 13.2. The van der Waals surface area contributed by atoms with E-state index in [1.165, 1.54) is 0 Å². The van der Waals surface area contributed by atoms with Crippen LogP contribution in [0, 0.1) is 5.92 Å². The molecule has 1 saturated heterocycles. The minimum atomic E-state index is -4.09.